The molecule has 1 aliphatic rings. The number of thiazole rings is 1. The van der Waals surface area contributed by atoms with Gasteiger partial charge in [0.1, 0.15) is 10.7 Å². The van der Waals surface area contributed by atoms with E-state index in [1.165, 1.54) is 11.3 Å². The Morgan fingerprint density at radius 1 is 1.17 bits per heavy atom. The third-order valence-corrected chi connectivity index (χ3v) is 6.32. The summed E-state index contributed by atoms with van der Waals surface area (Å²) in [6.07, 6.45) is 3.17. The molecule has 0 unspecified atom stereocenters. The Bertz CT molecular complexity index is 1060. The molecule has 10 heteroatoms. The summed E-state index contributed by atoms with van der Waals surface area (Å²) in [6.45, 7) is 3.11. The highest BCUT2D eigenvalue weighted by molar-refractivity contribution is 7.11. The number of carbonyl (C=O) groups excluding carboxylic acids is 2. The molecule has 3 heterocycles. The second-order valence-electron chi connectivity index (χ2n) is 7.01. The molecular weight excluding hydrogens is 424 g/mol. The van der Waals surface area contributed by atoms with Gasteiger partial charge in [0.25, 0.3) is 5.91 Å². The van der Waals surface area contributed by atoms with Crippen LogP contribution < -0.4 is 10.6 Å². The lowest BCUT2D eigenvalue weighted by Crippen LogP contribution is -2.39. The molecule has 3 amide bonds. The molecule has 0 spiro atoms. The molecule has 156 valence electrons. The van der Waals surface area contributed by atoms with E-state index in [9.17, 15) is 9.59 Å². The van der Waals surface area contributed by atoms with Crippen molar-refractivity contribution in [1.29, 1.82) is 0 Å². The quantitative estimate of drug-likeness (QED) is 0.622. The number of para-hydroxylation sites is 1. The standard InChI is InChI=1S/C20H21ClN6O2S/c1-13-18(30-12-22-13)19(28)26-10-7-14(8-11-26)27-17(6-9-23-27)25-20(29)24-16-5-3-2-4-15(16)21/h2-6,9,12,14H,7-8,10-11H2,1H3,(H2,24,25,29). The van der Waals surface area contributed by atoms with E-state index in [4.69, 9.17) is 11.6 Å². The molecule has 0 radical (unpaired) electrons. The van der Waals surface area contributed by atoms with Crippen molar-refractivity contribution in [3.05, 3.63) is 57.6 Å². The Balaban J connectivity index is 1.37. The first-order valence-electron chi connectivity index (χ1n) is 9.58. The highest BCUT2D eigenvalue weighted by atomic mass is 35.5. The zero-order chi connectivity index (χ0) is 21.1. The minimum absolute atomic E-state index is 0.0337. The minimum atomic E-state index is -0.391. The number of anilines is 2. The molecule has 30 heavy (non-hydrogen) atoms. The predicted octanol–water partition coefficient (Wildman–Crippen LogP) is 4.42. The van der Waals surface area contributed by atoms with Gasteiger partial charge in [-0.25, -0.2) is 14.5 Å². The first-order valence-corrected chi connectivity index (χ1v) is 10.8. The largest absolute Gasteiger partial charge is 0.338 e. The van der Waals surface area contributed by atoms with E-state index in [1.54, 1.807) is 42.0 Å². The molecule has 1 aliphatic heterocycles. The lowest BCUT2D eigenvalue weighted by atomic mass is 10.0. The van der Waals surface area contributed by atoms with Crippen LogP contribution in [0.1, 0.15) is 34.2 Å². The van der Waals surface area contributed by atoms with Crippen LogP contribution in [0.2, 0.25) is 5.02 Å². The van der Waals surface area contributed by atoms with Crippen LogP contribution in [0.3, 0.4) is 0 Å². The van der Waals surface area contributed by atoms with Crippen LogP contribution in [0.25, 0.3) is 0 Å². The molecule has 1 fully saturated rings. The van der Waals surface area contributed by atoms with E-state index in [2.05, 4.69) is 20.7 Å². The summed E-state index contributed by atoms with van der Waals surface area (Å²) in [5, 5.41) is 10.4. The van der Waals surface area contributed by atoms with Gasteiger partial charge in [-0.2, -0.15) is 5.10 Å². The monoisotopic (exact) mass is 444 g/mol. The number of aryl methyl sites for hydroxylation is 1. The zero-order valence-electron chi connectivity index (χ0n) is 16.3. The highest BCUT2D eigenvalue weighted by Crippen LogP contribution is 2.27. The van der Waals surface area contributed by atoms with Crippen LogP contribution in [0.4, 0.5) is 16.3 Å². The normalized spacial score (nSPS) is 14.5. The Kier molecular flexibility index (Phi) is 6.01. The maximum Gasteiger partial charge on any atom is 0.324 e. The first-order chi connectivity index (χ1) is 14.5. The molecular formula is C20H21ClN6O2S. The summed E-state index contributed by atoms with van der Waals surface area (Å²) >= 11 is 7.47. The number of carbonyl (C=O) groups is 2. The molecule has 2 aromatic heterocycles. The van der Waals surface area contributed by atoms with Gasteiger partial charge in [0.15, 0.2) is 0 Å². The van der Waals surface area contributed by atoms with E-state index < -0.39 is 6.03 Å². The number of hydrogen-bond acceptors (Lipinski definition) is 5. The molecule has 4 rings (SSSR count). The number of urea groups is 1. The van der Waals surface area contributed by atoms with Crippen LogP contribution in [0.15, 0.2) is 42.0 Å². The van der Waals surface area contributed by atoms with Crippen molar-refractivity contribution in [2.45, 2.75) is 25.8 Å². The van der Waals surface area contributed by atoms with E-state index in [0.29, 0.717) is 34.5 Å². The molecule has 2 N–H and O–H groups in total. The van der Waals surface area contributed by atoms with Crippen LogP contribution in [-0.2, 0) is 0 Å². The molecule has 0 bridgehead atoms. The lowest BCUT2D eigenvalue weighted by Gasteiger charge is -2.32. The number of halogens is 1. The van der Waals surface area contributed by atoms with Crippen molar-refractivity contribution < 1.29 is 9.59 Å². The van der Waals surface area contributed by atoms with Crippen LogP contribution in [0.5, 0.6) is 0 Å². The van der Waals surface area contributed by atoms with Crippen molar-refractivity contribution in [2.24, 2.45) is 0 Å². The Morgan fingerprint density at radius 3 is 2.63 bits per heavy atom. The zero-order valence-corrected chi connectivity index (χ0v) is 17.9. The summed E-state index contributed by atoms with van der Waals surface area (Å²) in [5.41, 5.74) is 3.01. The van der Waals surface area contributed by atoms with Gasteiger partial charge in [-0.15, -0.1) is 11.3 Å². The molecule has 1 saturated heterocycles. The summed E-state index contributed by atoms with van der Waals surface area (Å²) < 4.78 is 1.81. The van der Waals surface area contributed by atoms with Crippen molar-refractivity contribution in [2.75, 3.05) is 23.7 Å². The average molecular weight is 445 g/mol. The van der Waals surface area contributed by atoms with Crippen LogP contribution in [-0.4, -0.2) is 44.7 Å². The van der Waals surface area contributed by atoms with Gasteiger partial charge < -0.3 is 10.2 Å². The summed E-state index contributed by atoms with van der Waals surface area (Å²) in [7, 11) is 0. The lowest BCUT2D eigenvalue weighted by molar-refractivity contribution is 0.0695. The smallest absolute Gasteiger partial charge is 0.324 e. The second kappa shape index (κ2) is 8.85. The van der Waals surface area contributed by atoms with E-state index in [1.807, 2.05) is 16.5 Å². The van der Waals surface area contributed by atoms with Gasteiger partial charge in [-0.3, -0.25) is 10.1 Å². The molecule has 0 saturated carbocycles. The number of nitrogens with zero attached hydrogens (tertiary/aromatic N) is 4. The van der Waals surface area contributed by atoms with Gasteiger partial charge in [-0.05, 0) is 31.9 Å². The number of piperidine rings is 1. The average Bonchev–Trinajstić information content (AvgIpc) is 3.38. The van der Waals surface area contributed by atoms with Crippen molar-refractivity contribution in [1.82, 2.24) is 19.7 Å². The van der Waals surface area contributed by atoms with Crippen molar-refractivity contribution in [3.8, 4) is 0 Å². The molecule has 1 aromatic carbocycles. The predicted molar refractivity (Wildman–Crippen MR) is 117 cm³/mol. The Labute approximate surface area is 182 Å². The third kappa shape index (κ3) is 4.31. The third-order valence-electron chi connectivity index (χ3n) is 5.07. The van der Waals surface area contributed by atoms with Gasteiger partial charge in [0, 0.05) is 19.2 Å². The van der Waals surface area contributed by atoms with Gasteiger partial charge >= 0.3 is 6.03 Å². The maximum absolute atomic E-state index is 12.7. The number of rotatable bonds is 4. The molecule has 8 nitrogen and oxygen atoms in total. The molecule has 3 aromatic rings. The van der Waals surface area contributed by atoms with Crippen LogP contribution >= 0.6 is 22.9 Å². The number of benzene rings is 1. The fourth-order valence-electron chi connectivity index (χ4n) is 3.50. The number of hydrogen-bond donors (Lipinski definition) is 2. The van der Waals surface area contributed by atoms with Crippen molar-refractivity contribution in [3.63, 3.8) is 0 Å². The van der Waals surface area contributed by atoms with E-state index in [-0.39, 0.29) is 11.9 Å². The highest BCUT2D eigenvalue weighted by Gasteiger charge is 2.27. The van der Waals surface area contributed by atoms with Crippen molar-refractivity contribution >= 4 is 46.4 Å². The second-order valence-corrected chi connectivity index (χ2v) is 8.27. The number of amides is 3. The number of likely N-dealkylation sites (tertiary alicyclic amines) is 1. The van der Waals surface area contributed by atoms with Gasteiger partial charge in [0.05, 0.1) is 34.2 Å². The molecule has 0 atom stereocenters. The first kappa shape index (κ1) is 20.4. The van der Waals surface area contributed by atoms with Gasteiger partial charge in [-0.1, -0.05) is 23.7 Å². The van der Waals surface area contributed by atoms with E-state index in [0.717, 1.165) is 18.5 Å². The Hall–Kier alpha value is -2.91. The van der Waals surface area contributed by atoms with E-state index >= 15 is 0 Å². The SMILES string of the molecule is Cc1ncsc1C(=O)N1CCC(n2nccc2NC(=O)Nc2ccccc2Cl)CC1. The summed E-state index contributed by atoms with van der Waals surface area (Å²) in [6, 6.07) is 8.51. The fraction of sp³-hybridized carbons (Fsp3) is 0.300. The molecule has 0 aliphatic carbocycles. The minimum Gasteiger partial charge on any atom is -0.338 e. The van der Waals surface area contributed by atoms with Gasteiger partial charge in [0.2, 0.25) is 0 Å². The number of nitrogens with one attached hydrogen (secondary N) is 2. The summed E-state index contributed by atoms with van der Waals surface area (Å²) in [5.74, 6) is 0.633. The fourth-order valence-corrected chi connectivity index (χ4v) is 4.45. The Morgan fingerprint density at radius 2 is 1.93 bits per heavy atom. The number of aromatic nitrogens is 3. The van der Waals surface area contributed by atoms with Crippen LogP contribution in [0, 0.1) is 6.92 Å². The topological polar surface area (TPSA) is 92.2 Å². The maximum atomic E-state index is 12.7. The summed E-state index contributed by atoms with van der Waals surface area (Å²) in [4.78, 5) is 31.8.